The summed E-state index contributed by atoms with van der Waals surface area (Å²) in [5.41, 5.74) is -0.00495. The molecule has 0 atom stereocenters. The summed E-state index contributed by atoms with van der Waals surface area (Å²) < 4.78 is 5.17. The maximum atomic E-state index is 10.4. The van der Waals surface area contributed by atoms with Gasteiger partial charge in [0.15, 0.2) is 0 Å². The number of nitro benzene ring substituents is 1. The number of aliphatic hydroxyl groups excluding tert-OH is 1. The van der Waals surface area contributed by atoms with Gasteiger partial charge in [-0.3, -0.25) is 15.4 Å². The van der Waals surface area contributed by atoms with E-state index in [4.69, 9.17) is 9.84 Å². The average Bonchev–Trinajstić information content (AvgIpc) is 2.25. The van der Waals surface area contributed by atoms with Crippen molar-refractivity contribution in [2.75, 3.05) is 19.9 Å². The number of hydrogen-bond acceptors (Lipinski definition) is 5. The fraction of sp³-hybridized carbons (Fsp3) is 0.333. The van der Waals surface area contributed by atoms with Gasteiger partial charge in [-0.1, -0.05) is 6.07 Å². The number of nitrogens with one attached hydrogen (secondary N) is 1. The Balaban J connectivity index is 2.47. The number of benzene rings is 1. The zero-order valence-corrected chi connectivity index (χ0v) is 8.05. The van der Waals surface area contributed by atoms with Crippen molar-refractivity contribution in [1.29, 1.82) is 0 Å². The molecule has 0 amide bonds. The SMILES string of the molecule is O=[N+]([O-])c1cccc(OCNCCO)c1. The molecule has 0 aromatic heterocycles. The van der Waals surface area contributed by atoms with E-state index in [9.17, 15) is 10.1 Å². The first kappa shape index (κ1) is 11.4. The van der Waals surface area contributed by atoms with E-state index in [-0.39, 0.29) is 19.0 Å². The molecule has 6 heteroatoms. The largest absolute Gasteiger partial charge is 0.478 e. The molecule has 15 heavy (non-hydrogen) atoms. The molecule has 82 valence electrons. The van der Waals surface area contributed by atoms with Gasteiger partial charge in [0.2, 0.25) is 0 Å². The molecule has 1 rings (SSSR count). The lowest BCUT2D eigenvalue weighted by Gasteiger charge is -2.05. The van der Waals surface area contributed by atoms with Crippen molar-refractivity contribution in [3.63, 3.8) is 0 Å². The summed E-state index contributed by atoms with van der Waals surface area (Å²) in [5.74, 6) is 0.426. The molecule has 0 spiro atoms. The smallest absolute Gasteiger partial charge is 0.273 e. The highest BCUT2D eigenvalue weighted by molar-refractivity contribution is 5.37. The lowest BCUT2D eigenvalue weighted by molar-refractivity contribution is -0.384. The Hall–Kier alpha value is -1.66. The van der Waals surface area contributed by atoms with E-state index < -0.39 is 4.92 Å². The highest BCUT2D eigenvalue weighted by atomic mass is 16.6. The number of non-ortho nitro benzene ring substituents is 1. The summed E-state index contributed by atoms with van der Waals surface area (Å²) >= 11 is 0. The van der Waals surface area contributed by atoms with Gasteiger partial charge >= 0.3 is 0 Å². The topological polar surface area (TPSA) is 84.6 Å². The first-order valence-corrected chi connectivity index (χ1v) is 4.43. The van der Waals surface area contributed by atoms with Crippen LogP contribution in [0.15, 0.2) is 24.3 Å². The molecule has 1 aromatic rings. The van der Waals surface area contributed by atoms with Crippen molar-refractivity contribution in [2.24, 2.45) is 0 Å². The number of aliphatic hydroxyl groups is 1. The van der Waals surface area contributed by atoms with E-state index in [1.807, 2.05) is 0 Å². The van der Waals surface area contributed by atoms with Crippen LogP contribution in [0.25, 0.3) is 0 Å². The number of nitrogens with zero attached hydrogens (tertiary/aromatic N) is 1. The molecule has 0 radical (unpaired) electrons. The second-order valence-electron chi connectivity index (χ2n) is 2.77. The third kappa shape index (κ3) is 3.92. The predicted molar refractivity (Wildman–Crippen MR) is 53.7 cm³/mol. The second kappa shape index (κ2) is 5.94. The minimum absolute atomic E-state index is 0.00495. The predicted octanol–water partition coefficient (Wildman–Crippen LogP) is 0.513. The van der Waals surface area contributed by atoms with Crippen LogP contribution in [0.2, 0.25) is 0 Å². The Morgan fingerprint density at radius 3 is 3.00 bits per heavy atom. The van der Waals surface area contributed by atoms with E-state index in [0.717, 1.165) is 0 Å². The zero-order chi connectivity index (χ0) is 11.1. The van der Waals surface area contributed by atoms with Crippen molar-refractivity contribution in [3.8, 4) is 5.75 Å². The van der Waals surface area contributed by atoms with Gasteiger partial charge in [-0.2, -0.15) is 0 Å². The summed E-state index contributed by atoms with van der Waals surface area (Å²) in [5, 5.41) is 21.7. The first-order valence-electron chi connectivity index (χ1n) is 4.43. The maximum Gasteiger partial charge on any atom is 0.273 e. The standard InChI is InChI=1S/C9H12N2O4/c12-5-4-10-7-15-9-3-1-2-8(6-9)11(13)14/h1-3,6,10,12H,4-5,7H2. The van der Waals surface area contributed by atoms with Crippen LogP contribution in [0.1, 0.15) is 0 Å². The Morgan fingerprint density at radius 2 is 2.33 bits per heavy atom. The van der Waals surface area contributed by atoms with Crippen LogP contribution in [-0.4, -0.2) is 29.9 Å². The van der Waals surface area contributed by atoms with E-state index in [1.165, 1.54) is 12.1 Å². The minimum Gasteiger partial charge on any atom is -0.478 e. The Kier molecular flexibility index (Phi) is 4.52. The molecule has 6 nitrogen and oxygen atoms in total. The third-order valence-electron chi connectivity index (χ3n) is 1.66. The zero-order valence-electron chi connectivity index (χ0n) is 8.05. The molecule has 0 aliphatic heterocycles. The van der Waals surface area contributed by atoms with Crippen LogP contribution < -0.4 is 10.1 Å². The third-order valence-corrected chi connectivity index (χ3v) is 1.66. The van der Waals surface area contributed by atoms with Crippen LogP contribution in [0.5, 0.6) is 5.75 Å². The summed E-state index contributed by atoms with van der Waals surface area (Å²) in [6, 6.07) is 5.93. The first-order chi connectivity index (χ1) is 7.24. The second-order valence-corrected chi connectivity index (χ2v) is 2.77. The molecule has 0 aliphatic carbocycles. The normalized spacial score (nSPS) is 9.93. The molecule has 0 bridgehead atoms. The summed E-state index contributed by atoms with van der Waals surface area (Å²) in [6.07, 6.45) is 0. The van der Waals surface area contributed by atoms with Crippen LogP contribution in [0, 0.1) is 10.1 Å². The van der Waals surface area contributed by atoms with Crippen LogP contribution in [-0.2, 0) is 0 Å². The van der Waals surface area contributed by atoms with Crippen molar-refractivity contribution >= 4 is 5.69 Å². The number of nitro groups is 1. The highest BCUT2D eigenvalue weighted by Gasteiger charge is 2.05. The molecular formula is C9H12N2O4. The molecule has 0 fully saturated rings. The van der Waals surface area contributed by atoms with Gasteiger partial charge in [0.05, 0.1) is 17.6 Å². The lowest BCUT2D eigenvalue weighted by Crippen LogP contribution is -2.23. The number of hydrogen-bond donors (Lipinski definition) is 2. The van der Waals surface area contributed by atoms with Crippen molar-refractivity contribution in [3.05, 3.63) is 34.4 Å². The summed E-state index contributed by atoms with van der Waals surface area (Å²) in [6.45, 7) is 0.662. The fourth-order valence-corrected chi connectivity index (χ4v) is 0.972. The Bertz CT molecular complexity index is 330. The van der Waals surface area contributed by atoms with Gasteiger partial charge in [0, 0.05) is 12.6 Å². The number of ether oxygens (including phenoxy) is 1. The minimum atomic E-state index is -0.478. The molecule has 2 N–H and O–H groups in total. The van der Waals surface area contributed by atoms with Crippen LogP contribution >= 0.6 is 0 Å². The average molecular weight is 212 g/mol. The molecule has 1 aromatic carbocycles. The monoisotopic (exact) mass is 212 g/mol. The highest BCUT2D eigenvalue weighted by Crippen LogP contribution is 2.18. The molecule has 0 saturated carbocycles. The van der Waals surface area contributed by atoms with Gasteiger partial charge in [-0.05, 0) is 6.07 Å². The maximum absolute atomic E-state index is 10.4. The fourth-order valence-electron chi connectivity index (χ4n) is 0.972. The van der Waals surface area contributed by atoms with Crippen LogP contribution in [0.4, 0.5) is 5.69 Å². The molecule has 0 heterocycles. The van der Waals surface area contributed by atoms with Gasteiger partial charge in [-0.15, -0.1) is 0 Å². The van der Waals surface area contributed by atoms with Crippen molar-refractivity contribution in [2.45, 2.75) is 0 Å². The van der Waals surface area contributed by atoms with Crippen molar-refractivity contribution < 1.29 is 14.8 Å². The quantitative estimate of drug-likeness (QED) is 0.310. The summed E-state index contributed by atoms with van der Waals surface area (Å²) in [4.78, 5) is 9.95. The van der Waals surface area contributed by atoms with Gasteiger partial charge in [0.25, 0.3) is 5.69 Å². The Labute approximate surface area is 86.6 Å². The molecular weight excluding hydrogens is 200 g/mol. The van der Waals surface area contributed by atoms with Gasteiger partial charge in [-0.25, -0.2) is 0 Å². The van der Waals surface area contributed by atoms with E-state index in [1.54, 1.807) is 12.1 Å². The van der Waals surface area contributed by atoms with E-state index in [2.05, 4.69) is 5.32 Å². The Morgan fingerprint density at radius 1 is 1.53 bits per heavy atom. The molecule has 0 aliphatic rings. The molecule has 0 unspecified atom stereocenters. The van der Waals surface area contributed by atoms with Crippen molar-refractivity contribution in [1.82, 2.24) is 5.32 Å². The summed E-state index contributed by atoms with van der Waals surface area (Å²) in [7, 11) is 0. The lowest BCUT2D eigenvalue weighted by atomic mass is 10.3. The van der Waals surface area contributed by atoms with E-state index in [0.29, 0.717) is 12.3 Å². The number of rotatable bonds is 6. The van der Waals surface area contributed by atoms with Crippen LogP contribution in [0.3, 0.4) is 0 Å². The molecule has 0 saturated heterocycles. The van der Waals surface area contributed by atoms with E-state index >= 15 is 0 Å². The van der Waals surface area contributed by atoms with Gasteiger partial charge in [0.1, 0.15) is 12.5 Å². The van der Waals surface area contributed by atoms with Gasteiger partial charge < -0.3 is 9.84 Å².